The third kappa shape index (κ3) is 5.23. The van der Waals surface area contributed by atoms with Crippen LogP contribution in [0, 0.1) is 0 Å². The van der Waals surface area contributed by atoms with Gasteiger partial charge in [-0.3, -0.25) is 9.59 Å². The van der Waals surface area contributed by atoms with Gasteiger partial charge in [-0.15, -0.1) is 0 Å². The van der Waals surface area contributed by atoms with Crippen molar-refractivity contribution >= 4 is 23.7 Å². The lowest BCUT2D eigenvalue weighted by atomic mass is 10.2. The van der Waals surface area contributed by atoms with Gasteiger partial charge in [0.2, 0.25) is 5.75 Å². The van der Waals surface area contributed by atoms with E-state index >= 15 is 0 Å². The number of hydrogen-bond donors (Lipinski definition) is 2. The molecule has 2 N–H and O–H groups in total. The van der Waals surface area contributed by atoms with Gasteiger partial charge in [0.05, 0.1) is 27.0 Å². The Balaban J connectivity index is 1.76. The van der Waals surface area contributed by atoms with Crippen LogP contribution in [0.5, 0.6) is 17.2 Å². The Labute approximate surface area is 183 Å². The second-order valence-electron chi connectivity index (χ2n) is 6.46. The van der Waals surface area contributed by atoms with Gasteiger partial charge < -0.3 is 19.1 Å². The summed E-state index contributed by atoms with van der Waals surface area (Å²) in [5, 5.41) is 14.4. The number of phenolic OH excluding ortho intramolecular Hbond substituents is 1. The van der Waals surface area contributed by atoms with Crippen molar-refractivity contribution in [3.63, 3.8) is 0 Å². The Morgan fingerprint density at radius 2 is 1.87 bits per heavy atom. The number of carbonyl (C=O) groups is 1. The zero-order chi connectivity index (χ0) is 22.4. The summed E-state index contributed by atoms with van der Waals surface area (Å²) in [6, 6.07) is 13.2. The van der Waals surface area contributed by atoms with Crippen molar-refractivity contribution < 1.29 is 19.4 Å². The van der Waals surface area contributed by atoms with Crippen molar-refractivity contribution in [2.24, 2.45) is 5.10 Å². The maximum atomic E-state index is 12.7. The Morgan fingerprint density at radius 1 is 1.16 bits per heavy atom. The number of pyridine rings is 1. The van der Waals surface area contributed by atoms with Crippen LogP contribution in [0.1, 0.15) is 21.5 Å². The summed E-state index contributed by atoms with van der Waals surface area (Å²) in [6.07, 6.45) is 2.94. The Morgan fingerprint density at radius 3 is 2.52 bits per heavy atom. The summed E-state index contributed by atoms with van der Waals surface area (Å²) < 4.78 is 11.6. The van der Waals surface area contributed by atoms with Crippen LogP contribution in [0.4, 0.5) is 0 Å². The highest BCUT2D eigenvalue weighted by Crippen LogP contribution is 2.36. The van der Waals surface area contributed by atoms with E-state index in [9.17, 15) is 14.7 Å². The van der Waals surface area contributed by atoms with E-state index < -0.39 is 11.5 Å². The number of carbonyl (C=O) groups excluding carboxylic acids is 1. The number of methoxy groups -OCH3 is 2. The summed E-state index contributed by atoms with van der Waals surface area (Å²) in [5.41, 5.74) is 3.17. The quantitative estimate of drug-likeness (QED) is 0.433. The first-order chi connectivity index (χ1) is 14.9. The van der Waals surface area contributed by atoms with Crippen LogP contribution in [0.2, 0.25) is 5.02 Å². The molecular formula is C22H20ClN3O5. The normalized spacial score (nSPS) is 10.8. The van der Waals surface area contributed by atoms with Crippen LogP contribution in [-0.2, 0) is 6.54 Å². The summed E-state index contributed by atoms with van der Waals surface area (Å²) in [5.74, 6) is -0.409. The molecule has 3 rings (SSSR count). The van der Waals surface area contributed by atoms with Crippen LogP contribution in [0.25, 0.3) is 0 Å². The van der Waals surface area contributed by atoms with Gasteiger partial charge in [-0.25, -0.2) is 5.43 Å². The molecule has 160 valence electrons. The summed E-state index contributed by atoms with van der Waals surface area (Å²) in [6.45, 7) is 0.275. The number of phenols is 1. The van der Waals surface area contributed by atoms with Crippen LogP contribution in [0.3, 0.4) is 0 Å². The summed E-state index contributed by atoms with van der Waals surface area (Å²) in [4.78, 5) is 25.2. The number of hydrogen-bond acceptors (Lipinski definition) is 6. The molecule has 0 bridgehead atoms. The minimum atomic E-state index is -0.653. The topological polar surface area (TPSA) is 102 Å². The van der Waals surface area contributed by atoms with Gasteiger partial charge in [-0.1, -0.05) is 23.7 Å². The van der Waals surface area contributed by atoms with Crippen molar-refractivity contribution in [3.8, 4) is 17.2 Å². The maximum absolute atomic E-state index is 12.7. The number of aromatic hydroxyl groups is 1. The molecule has 1 heterocycles. The van der Waals surface area contributed by atoms with E-state index in [1.807, 2.05) is 6.07 Å². The van der Waals surface area contributed by atoms with Gasteiger partial charge in [0.15, 0.2) is 11.5 Å². The lowest BCUT2D eigenvalue weighted by Gasteiger charge is -2.09. The number of nitrogens with zero attached hydrogens (tertiary/aromatic N) is 2. The standard InChI is InChI=1S/C22H20ClN3O5/c1-30-18-10-15(11-19(31-2)20(18)27)12-24-25-21(28)17-7-4-8-26(22(17)29)13-14-5-3-6-16(23)9-14/h3-12,27H,13H2,1-2H3,(H,25,28)/b24-12-. The smallest absolute Gasteiger partial charge is 0.276 e. The van der Waals surface area contributed by atoms with Crippen LogP contribution >= 0.6 is 11.6 Å². The van der Waals surface area contributed by atoms with Crippen molar-refractivity contribution in [2.45, 2.75) is 6.54 Å². The molecule has 8 nitrogen and oxygen atoms in total. The molecule has 0 saturated heterocycles. The van der Waals surface area contributed by atoms with E-state index in [2.05, 4.69) is 10.5 Å². The molecule has 2 aromatic carbocycles. The monoisotopic (exact) mass is 441 g/mol. The fraction of sp³-hybridized carbons (Fsp3) is 0.136. The van der Waals surface area contributed by atoms with E-state index in [-0.39, 0.29) is 29.4 Å². The number of rotatable bonds is 7. The van der Waals surface area contributed by atoms with E-state index in [1.165, 1.54) is 43.2 Å². The Bertz CT molecular complexity index is 1160. The average molecular weight is 442 g/mol. The molecule has 0 fully saturated rings. The zero-order valence-corrected chi connectivity index (χ0v) is 17.6. The van der Waals surface area contributed by atoms with Crippen molar-refractivity contribution in [1.82, 2.24) is 9.99 Å². The van der Waals surface area contributed by atoms with Gasteiger partial charge >= 0.3 is 0 Å². The fourth-order valence-electron chi connectivity index (χ4n) is 2.88. The van der Waals surface area contributed by atoms with Crippen LogP contribution < -0.4 is 20.5 Å². The van der Waals surface area contributed by atoms with E-state index in [1.54, 1.807) is 30.5 Å². The minimum absolute atomic E-state index is 0.0532. The molecule has 0 aliphatic heterocycles. The molecule has 1 amide bonds. The van der Waals surface area contributed by atoms with E-state index in [0.717, 1.165) is 5.56 Å². The molecule has 0 radical (unpaired) electrons. The van der Waals surface area contributed by atoms with Gasteiger partial charge in [0, 0.05) is 16.8 Å². The largest absolute Gasteiger partial charge is 0.502 e. The maximum Gasteiger partial charge on any atom is 0.276 e. The number of aromatic nitrogens is 1. The first kappa shape index (κ1) is 21.9. The zero-order valence-electron chi connectivity index (χ0n) is 16.8. The number of amides is 1. The fourth-order valence-corrected chi connectivity index (χ4v) is 3.09. The molecule has 31 heavy (non-hydrogen) atoms. The molecule has 0 aliphatic rings. The summed E-state index contributed by atoms with van der Waals surface area (Å²) in [7, 11) is 2.81. The second-order valence-corrected chi connectivity index (χ2v) is 6.89. The van der Waals surface area contributed by atoms with Gasteiger partial charge in [-0.05, 0) is 42.0 Å². The second kappa shape index (κ2) is 9.82. The van der Waals surface area contributed by atoms with Gasteiger partial charge in [0.25, 0.3) is 11.5 Å². The molecular weight excluding hydrogens is 422 g/mol. The van der Waals surface area contributed by atoms with Crippen LogP contribution in [0.15, 0.2) is 64.6 Å². The number of ether oxygens (including phenoxy) is 2. The van der Waals surface area contributed by atoms with Crippen molar-refractivity contribution in [2.75, 3.05) is 14.2 Å². The summed E-state index contributed by atoms with van der Waals surface area (Å²) >= 11 is 5.99. The molecule has 3 aromatic rings. The first-order valence-electron chi connectivity index (χ1n) is 9.15. The number of hydrazone groups is 1. The molecule has 0 spiro atoms. The average Bonchev–Trinajstić information content (AvgIpc) is 2.76. The lowest BCUT2D eigenvalue weighted by molar-refractivity contribution is 0.0953. The molecule has 0 saturated carbocycles. The van der Waals surface area contributed by atoms with E-state index in [0.29, 0.717) is 10.6 Å². The first-order valence-corrected chi connectivity index (χ1v) is 9.53. The minimum Gasteiger partial charge on any atom is -0.502 e. The van der Waals surface area contributed by atoms with Gasteiger partial charge in [0.1, 0.15) is 5.56 Å². The highest BCUT2D eigenvalue weighted by atomic mass is 35.5. The Hall–Kier alpha value is -3.78. The molecule has 1 aromatic heterocycles. The SMILES string of the molecule is COc1cc(/C=N\NC(=O)c2cccn(Cc3cccc(Cl)c3)c2=O)cc(OC)c1O. The number of benzene rings is 2. The molecule has 9 heteroatoms. The molecule has 0 unspecified atom stereocenters. The lowest BCUT2D eigenvalue weighted by Crippen LogP contribution is -2.30. The third-order valence-electron chi connectivity index (χ3n) is 4.39. The predicted octanol–water partition coefficient (Wildman–Crippen LogP) is 3.04. The Kier molecular flexibility index (Phi) is 6.94. The molecule has 0 aliphatic carbocycles. The third-order valence-corrected chi connectivity index (χ3v) is 4.62. The number of halogens is 1. The molecule has 0 atom stereocenters. The highest BCUT2D eigenvalue weighted by molar-refractivity contribution is 6.30. The van der Waals surface area contributed by atoms with Crippen LogP contribution in [-0.4, -0.2) is 36.0 Å². The predicted molar refractivity (Wildman–Crippen MR) is 118 cm³/mol. The number of nitrogens with one attached hydrogen (secondary N) is 1. The highest BCUT2D eigenvalue weighted by Gasteiger charge is 2.13. The van der Waals surface area contributed by atoms with Gasteiger partial charge in [-0.2, -0.15) is 5.10 Å². The van der Waals surface area contributed by atoms with Crippen molar-refractivity contribution in [3.05, 3.63) is 86.8 Å². The van der Waals surface area contributed by atoms with E-state index in [4.69, 9.17) is 21.1 Å². The van der Waals surface area contributed by atoms with Crippen molar-refractivity contribution in [1.29, 1.82) is 0 Å².